The lowest BCUT2D eigenvalue weighted by Gasteiger charge is -2.27. The smallest absolute Gasteiger partial charge is 0.255 e. The Bertz CT molecular complexity index is 464. The predicted octanol–water partition coefficient (Wildman–Crippen LogP) is 2.17. The molecule has 1 amide bonds. The third-order valence-corrected chi connectivity index (χ3v) is 3.83. The van der Waals surface area contributed by atoms with E-state index in [0.717, 1.165) is 6.42 Å². The zero-order valence-electron chi connectivity index (χ0n) is 10.5. The zero-order valence-corrected chi connectivity index (χ0v) is 11.3. The molecule has 0 radical (unpaired) electrons. The summed E-state index contributed by atoms with van der Waals surface area (Å²) in [6.45, 7) is 2.66. The standard InChI is InChI=1S/C13H17ClN2O2/c1-8-11(6-7-18-8)16(2)13(17)9-4-3-5-10(15)12(9)14/h3-5,8,11H,6-7,15H2,1-2H3. The molecule has 2 rings (SSSR count). The number of nitrogens with zero attached hydrogens (tertiary/aromatic N) is 1. The number of rotatable bonds is 2. The first-order valence-corrected chi connectivity index (χ1v) is 6.33. The summed E-state index contributed by atoms with van der Waals surface area (Å²) in [5.74, 6) is -0.116. The van der Waals surface area contributed by atoms with E-state index in [1.54, 1.807) is 30.1 Å². The van der Waals surface area contributed by atoms with Gasteiger partial charge in [0, 0.05) is 13.7 Å². The Morgan fingerprint density at radius 1 is 1.56 bits per heavy atom. The number of nitrogens with two attached hydrogens (primary N) is 1. The van der Waals surface area contributed by atoms with Gasteiger partial charge < -0.3 is 15.4 Å². The normalized spacial score (nSPS) is 23.1. The Kier molecular flexibility index (Phi) is 3.78. The number of carbonyl (C=O) groups is 1. The maximum Gasteiger partial charge on any atom is 0.255 e. The summed E-state index contributed by atoms with van der Waals surface area (Å²) in [5.41, 5.74) is 6.58. The molecule has 2 atom stereocenters. The molecule has 1 saturated heterocycles. The summed E-state index contributed by atoms with van der Waals surface area (Å²) in [5, 5.41) is 0.320. The first-order chi connectivity index (χ1) is 8.52. The second-order valence-electron chi connectivity index (χ2n) is 4.56. The highest BCUT2D eigenvalue weighted by molar-refractivity contribution is 6.36. The van der Waals surface area contributed by atoms with Crippen molar-refractivity contribution >= 4 is 23.2 Å². The minimum atomic E-state index is -0.116. The van der Waals surface area contributed by atoms with Crippen molar-refractivity contribution in [3.63, 3.8) is 0 Å². The Hall–Kier alpha value is -1.26. The SMILES string of the molecule is CC1OCCC1N(C)C(=O)c1cccc(N)c1Cl. The van der Waals surface area contributed by atoms with Crippen LogP contribution in [0.15, 0.2) is 18.2 Å². The Balaban J connectivity index is 2.23. The molecule has 1 aromatic rings. The minimum absolute atomic E-state index is 0.0544. The molecule has 1 aromatic carbocycles. The molecule has 4 nitrogen and oxygen atoms in total. The molecule has 18 heavy (non-hydrogen) atoms. The molecular weight excluding hydrogens is 252 g/mol. The topological polar surface area (TPSA) is 55.6 Å². The van der Waals surface area contributed by atoms with Gasteiger partial charge in [-0.1, -0.05) is 17.7 Å². The number of amides is 1. The lowest BCUT2D eigenvalue weighted by Crippen LogP contribution is -2.41. The van der Waals surface area contributed by atoms with Gasteiger partial charge in [0.25, 0.3) is 5.91 Å². The molecule has 0 aliphatic carbocycles. The summed E-state index contributed by atoms with van der Waals surface area (Å²) in [4.78, 5) is 14.1. The van der Waals surface area contributed by atoms with Crippen molar-refractivity contribution in [2.45, 2.75) is 25.5 Å². The van der Waals surface area contributed by atoms with Crippen LogP contribution in [-0.2, 0) is 4.74 Å². The van der Waals surface area contributed by atoms with Crippen LogP contribution in [0.25, 0.3) is 0 Å². The van der Waals surface area contributed by atoms with Crippen LogP contribution < -0.4 is 5.73 Å². The number of anilines is 1. The van der Waals surface area contributed by atoms with Gasteiger partial charge in [-0.05, 0) is 25.5 Å². The van der Waals surface area contributed by atoms with Gasteiger partial charge in [-0.25, -0.2) is 0 Å². The van der Waals surface area contributed by atoms with Crippen molar-refractivity contribution in [3.8, 4) is 0 Å². The van der Waals surface area contributed by atoms with Gasteiger partial charge in [0.15, 0.2) is 0 Å². The van der Waals surface area contributed by atoms with E-state index in [4.69, 9.17) is 22.1 Å². The molecule has 0 spiro atoms. The lowest BCUT2D eigenvalue weighted by atomic mass is 10.1. The van der Waals surface area contributed by atoms with Crippen LogP contribution in [0.4, 0.5) is 5.69 Å². The molecule has 1 fully saturated rings. The van der Waals surface area contributed by atoms with Crippen molar-refractivity contribution < 1.29 is 9.53 Å². The van der Waals surface area contributed by atoms with Crippen LogP contribution in [-0.4, -0.2) is 36.6 Å². The van der Waals surface area contributed by atoms with E-state index in [0.29, 0.717) is 22.9 Å². The highest BCUT2D eigenvalue weighted by Gasteiger charge is 2.31. The zero-order chi connectivity index (χ0) is 13.3. The highest BCUT2D eigenvalue weighted by Crippen LogP contribution is 2.26. The fourth-order valence-corrected chi connectivity index (χ4v) is 2.49. The van der Waals surface area contributed by atoms with E-state index in [2.05, 4.69) is 0 Å². The van der Waals surface area contributed by atoms with Gasteiger partial charge in [0.05, 0.1) is 28.4 Å². The number of ether oxygens (including phenoxy) is 1. The Morgan fingerprint density at radius 3 is 2.89 bits per heavy atom. The predicted molar refractivity (Wildman–Crippen MR) is 71.8 cm³/mol. The van der Waals surface area contributed by atoms with Gasteiger partial charge in [0.1, 0.15) is 0 Å². The summed E-state index contributed by atoms with van der Waals surface area (Å²) in [7, 11) is 1.78. The quantitative estimate of drug-likeness (QED) is 0.837. The molecule has 2 N–H and O–H groups in total. The molecule has 1 aliphatic rings. The van der Waals surface area contributed by atoms with Crippen LogP contribution in [0, 0.1) is 0 Å². The van der Waals surface area contributed by atoms with E-state index in [1.807, 2.05) is 6.92 Å². The first kappa shape index (κ1) is 13.2. The number of nitrogen functional groups attached to an aromatic ring is 1. The van der Waals surface area contributed by atoms with Gasteiger partial charge in [-0.3, -0.25) is 4.79 Å². The second kappa shape index (κ2) is 5.16. The maximum atomic E-state index is 12.4. The van der Waals surface area contributed by atoms with Crippen molar-refractivity contribution in [3.05, 3.63) is 28.8 Å². The average Bonchev–Trinajstić information content (AvgIpc) is 2.77. The third-order valence-electron chi connectivity index (χ3n) is 3.41. The number of hydrogen-bond donors (Lipinski definition) is 1. The largest absolute Gasteiger partial charge is 0.398 e. The number of carbonyl (C=O) groups excluding carboxylic acids is 1. The van der Waals surface area contributed by atoms with E-state index >= 15 is 0 Å². The maximum absolute atomic E-state index is 12.4. The lowest BCUT2D eigenvalue weighted by molar-refractivity contribution is 0.0575. The molecule has 2 unspecified atom stereocenters. The monoisotopic (exact) mass is 268 g/mol. The number of benzene rings is 1. The molecule has 5 heteroatoms. The van der Waals surface area contributed by atoms with E-state index in [1.165, 1.54) is 0 Å². The van der Waals surface area contributed by atoms with Crippen LogP contribution in [0.1, 0.15) is 23.7 Å². The van der Waals surface area contributed by atoms with Crippen molar-refractivity contribution in [2.75, 3.05) is 19.4 Å². The molecule has 0 saturated carbocycles. The fourth-order valence-electron chi connectivity index (χ4n) is 2.28. The molecule has 1 aliphatic heterocycles. The summed E-state index contributed by atoms with van der Waals surface area (Å²) < 4.78 is 5.47. The van der Waals surface area contributed by atoms with Crippen molar-refractivity contribution in [1.82, 2.24) is 4.90 Å². The first-order valence-electron chi connectivity index (χ1n) is 5.95. The average molecular weight is 269 g/mol. The molecule has 1 heterocycles. The second-order valence-corrected chi connectivity index (χ2v) is 4.93. The van der Waals surface area contributed by atoms with Crippen molar-refractivity contribution in [1.29, 1.82) is 0 Å². The van der Waals surface area contributed by atoms with Gasteiger partial charge >= 0.3 is 0 Å². The van der Waals surface area contributed by atoms with Crippen LogP contribution in [0.2, 0.25) is 5.02 Å². The van der Waals surface area contributed by atoms with Crippen LogP contribution in [0.5, 0.6) is 0 Å². The number of halogens is 1. The molecule has 0 bridgehead atoms. The summed E-state index contributed by atoms with van der Waals surface area (Å²) in [6, 6.07) is 5.20. The fraction of sp³-hybridized carbons (Fsp3) is 0.462. The van der Waals surface area contributed by atoms with Crippen LogP contribution >= 0.6 is 11.6 Å². The highest BCUT2D eigenvalue weighted by atomic mass is 35.5. The van der Waals surface area contributed by atoms with Crippen molar-refractivity contribution in [2.24, 2.45) is 0 Å². The van der Waals surface area contributed by atoms with E-state index in [-0.39, 0.29) is 18.1 Å². The number of hydrogen-bond acceptors (Lipinski definition) is 3. The van der Waals surface area contributed by atoms with E-state index in [9.17, 15) is 4.79 Å². The van der Waals surface area contributed by atoms with Gasteiger partial charge in [-0.2, -0.15) is 0 Å². The third kappa shape index (κ3) is 2.31. The van der Waals surface area contributed by atoms with Crippen LogP contribution in [0.3, 0.4) is 0 Å². The minimum Gasteiger partial charge on any atom is -0.398 e. The Morgan fingerprint density at radius 2 is 2.28 bits per heavy atom. The summed E-state index contributed by atoms with van der Waals surface area (Å²) >= 11 is 6.07. The Labute approximate surface area is 112 Å². The van der Waals surface area contributed by atoms with E-state index < -0.39 is 0 Å². The molecule has 98 valence electrons. The summed E-state index contributed by atoms with van der Waals surface area (Å²) in [6.07, 6.45) is 0.905. The molecular formula is C13H17ClN2O2. The van der Waals surface area contributed by atoms with Gasteiger partial charge in [0.2, 0.25) is 0 Å². The van der Waals surface area contributed by atoms with Gasteiger partial charge in [-0.15, -0.1) is 0 Å². The molecule has 0 aromatic heterocycles. The number of likely N-dealkylation sites (N-methyl/N-ethyl adjacent to an activating group) is 1.